The molecule has 0 radical (unpaired) electrons. The van der Waals surface area contributed by atoms with Crippen molar-refractivity contribution in [3.8, 4) is 0 Å². The molecular weight excluding hydrogens is 264 g/mol. The predicted octanol–water partition coefficient (Wildman–Crippen LogP) is 5.62. The van der Waals surface area contributed by atoms with Crippen LogP contribution in [0.5, 0.6) is 0 Å². The van der Waals surface area contributed by atoms with E-state index in [-0.39, 0.29) is 5.04 Å². The molecule has 122 valence electrons. The van der Waals surface area contributed by atoms with Crippen LogP contribution in [0.2, 0.25) is 11.1 Å². The Kier molecular flexibility index (Phi) is 8.61. The van der Waals surface area contributed by atoms with Crippen LogP contribution in [0.15, 0.2) is 0 Å². The number of hydrogen-bond donors (Lipinski definition) is 0. The van der Waals surface area contributed by atoms with Crippen LogP contribution in [0, 0.1) is 17.8 Å². The molecule has 0 aliphatic carbocycles. The minimum atomic E-state index is -2.23. The Morgan fingerprint density at radius 2 is 1.35 bits per heavy atom. The second-order valence-corrected chi connectivity index (χ2v) is 11.0. The quantitative estimate of drug-likeness (QED) is 0.488. The Morgan fingerprint density at radius 1 is 0.900 bits per heavy atom. The van der Waals surface area contributed by atoms with Crippen LogP contribution in [-0.4, -0.2) is 21.8 Å². The fourth-order valence-corrected chi connectivity index (χ4v) is 8.59. The zero-order valence-corrected chi connectivity index (χ0v) is 16.4. The molecule has 0 fully saturated rings. The molecule has 0 bridgehead atoms. The van der Waals surface area contributed by atoms with Crippen molar-refractivity contribution in [3.05, 3.63) is 0 Å². The van der Waals surface area contributed by atoms with E-state index in [1.165, 1.54) is 6.42 Å². The van der Waals surface area contributed by atoms with Gasteiger partial charge in [0.05, 0.1) is 0 Å². The molecule has 3 heteroatoms. The first-order valence-electron chi connectivity index (χ1n) is 8.46. The zero-order chi connectivity index (χ0) is 16.0. The fourth-order valence-electron chi connectivity index (χ4n) is 3.90. The Labute approximate surface area is 128 Å². The third-order valence-corrected chi connectivity index (χ3v) is 9.78. The summed E-state index contributed by atoms with van der Waals surface area (Å²) in [6, 6.07) is 1.09. The highest BCUT2D eigenvalue weighted by atomic mass is 28.4. The SMILES string of the molecule is CCO[Si](CC(C)C)(OCC)C(C)(C)C(CC)C(C)C. The van der Waals surface area contributed by atoms with Crippen molar-refractivity contribution < 1.29 is 8.85 Å². The molecule has 1 atom stereocenters. The maximum atomic E-state index is 6.40. The van der Waals surface area contributed by atoms with Crippen LogP contribution in [-0.2, 0) is 8.85 Å². The summed E-state index contributed by atoms with van der Waals surface area (Å²) in [6.45, 7) is 22.1. The lowest BCUT2D eigenvalue weighted by Gasteiger charge is -2.49. The van der Waals surface area contributed by atoms with Gasteiger partial charge in [-0.1, -0.05) is 54.9 Å². The lowest BCUT2D eigenvalue weighted by molar-refractivity contribution is 0.123. The predicted molar refractivity (Wildman–Crippen MR) is 91.3 cm³/mol. The first kappa shape index (κ1) is 20.1. The van der Waals surface area contributed by atoms with Crippen LogP contribution >= 0.6 is 0 Å². The standard InChI is InChI=1S/C17H38O2Si/c1-10-16(15(6)7)17(8,9)20(18-11-2,19-12-3)13-14(4)5/h14-16H,10-13H2,1-9H3. The van der Waals surface area contributed by atoms with Gasteiger partial charge in [-0.25, -0.2) is 0 Å². The van der Waals surface area contributed by atoms with E-state index in [9.17, 15) is 0 Å². The monoisotopic (exact) mass is 302 g/mol. The van der Waals surface area contributed by atoms with Gasteiger partial charge in [0.1, 0.15) is 0 Å². The van der Waals surface area contributed by atoms with Crippen LogP contribution < -0.4 is 0 Å². The largest absolute Gasteiger partial charge is 0.394 e. The van der Waals surface area contributed by atoms with Crippen molar-refractivity contribution in [2.24, 2.45) is 17.8 Å². The molecule has 20 heavy (non-hydrogen) atoms. The Bertz CT molecular complexity index is 256. The molecule has 0 spiro atoms. The normalized spacial score (nSPS) is 15.2. The van der Waals surface area contributed by atoms with Gasteiger partial charge in [-0.05, 0) is 37.6 Å². The van der Waals surface area contributed by atoms with Crippen molar-refractivity contribution >= 4 is 8.56 Å². The van der Waals surface area contributed by atoms with Gasteiger partial charge in [0.15, 0.2) is 0 Å². The van der Waals surface area contributed by atoms with Crippen molar-refractivity contribution in [2.45, 2.75) is 79.8 Å². The molecule has 0 saturated carbocycles. The average Bonchev–Trinajstić information content (AvgIpc) is 2.28. The van der Waals surface area contributed by atoms with Gasteiger partial charge < -0.3 is 8.85 Å². The molecule has 0 rings (SSSR count). The summed E-state index contributed by atoms with van der Waals surface area (Å²) < 4.78 is 12.8. The average molecular weight is 303 g/mol. The number of hydrogen-bond acceptors (Lipinski definition) is 2. The highest BCUT2D eigenvalue weighted by molar-refractivity contribution is 6.70. The smallest absolute Gasteiger partial charge is 0.344 e. The van der Waals surface area contributed by atoms with Gasteiger partial charge in [-0.3, -0.25) is 0 Å². The molecule has 0 heterocycles. The Morgan fingerprint density at radius 3 is 1.60 bits per heavy atom. The summed E-state index contributed by atoms with van der Waals surface area (Å²) in [6.07, 6.45) is 1.19. The van der Waals surface area contributed by atoms with Crippen LogP contribution in [0.4, 0.5) is 0 Å². The third-order valence-electron chi connectivity index (χ3n) is 4.59. The van der Waals surface area contributed by atoms with E-state index >= 15 is 0 Å². The van der Waals surface area contributed by atoms with E-state index in [4.69, 9.17) is 8.85 Å². The minimum absolute atomic E-state index is 0.131. The summed E-state index contributed by atoms with van der Waals surface area (Å²) in [5, 5.41) is 0.131. The molecule has 1 unspecified atom stereocenters. The van der Waals surface area contributed by atoms with Gasteiger partial charge in [0.25, 0.3) is 0 Å². The van der Waals surface area contributed by atoms with Crippen LogP contribution in [0.1, 0.15) is 68.7 Å². The third kappa shape index (κ3) is 4.57. The highest BCUT2D eigenvalue weighted by Crippen LogP contribution is 2.52. The lowest BCUT2D eigenvalue weighted by Crippen LogP contribution is -2.55. The topological polar surface area (TPSA) is 18.5 Å². The van der Waals surface area contributed by atoms with E-state index < -0.39 is 8.56 Å². The van der Waals surface area contributed by atoms with Crippen molar-refractivity contribution in [1.29, 1.82) is 0 Å². The maximum absolute atomic E-state index is 6.40. The van der Waals surface area contributed by atoms with E-state index in [0.717, 1.165) is 19.3 Å². The minimum Gasteiger partial charge on any atom is -0.394 e. The molecule has 0 aromatic heterocycles. The van der Waals surface area contributed by atoms with Gasteiger partial charge >= 0.3 is 8.56 Å². The molecule has 0 saturated heterocycles. The summed E-state index contributed by atoms with van der Waals surface area (Å²) in [4.78, 5) is 0. The van der Waals surface area contributed by atoms with Gasteiger partial charge in [-0.2, -0.15) is 0 Å². The van der Waals surface area contributed by atoms with Crippen molar-refractivity contribution in [3.63, 3.8) is 0 Å². The fraction of sp³-hybridized carbons (Fsp3) is 1.00. The molecule has 2 nitrogen and oxygen atoms in total. The molecule has 0 aliphatic rings. The molecule has 0 amide bonds. The second-order valence-electron chi connectivity index (χ2n) is 7.20. The van der Waals surface area contributed by atoms with Crippen molar-refractivity contribution in [1.82, 2.24) is 0 Å². The second kappa shape index (κ2) is 8.55. The highest BCUT2D eigenvalue weighted by Gasteiger charge is 2.55. The summed E-state index contributed by atoms with van der Waals surface area (Å²) in [5.41, 5.74) is 0. The first-order chi connectivity index (χ1) is 9.18. The van der Waals surface area contributed by atoms with Gasteiger partial charge in [-0.15, -0.1) is 0 Å². The summed E-state index contributed by atoms with van der Waals surface area (Å²) in [7, 11) is -2.23. The summed E-state index contributed by atoms with van der Waals surface area (Å²) >= 11 is 0. The Balaban J connectivity index is 5.64. The Hall–Kier alpha value is 0.137. The van der Waals surface area contributed by atoms with Crippen molar-refractivity contribution in [2.75, 3.05) is 13.2 Å². The van der Waals surface area contributed by atoms with E-state index in [2.05, 4.69) is 62.3 Å². The first-order valence-corrected chi connectivity index (χ1v) is 10.5. The van der Waals surface area contributed by atoms with E-state index in [0.29, 0.717) is 17.8 Å². The van der Waals surface area contributed by atoms with Gasteiger partial charge in [0, 0.05) is 18.3 Å². The van der Waals surface area contributed by atoms with Crippen LogP contribution in [0.3, 0.4) is 0 Å². The lowest BCUT2D eigenvalue weighted by atomic mass is 9.83. The molecule has 0 N–H and O–H groups in total. The maximum Gasteiger partial charge on any atom is 0.344 e. The van der Waals surface area contributed by atoms with E-state index in [1.54, 1.807) is 0 Å². The van der Waals surface area contributed by atoms with Gasteiger partial charge in [0.2, 0.25) is 0 Å². The molecule has 0 aromatic rings. The van der Waals surface area contributed by atoms with Crippen LogP contribution in [0.25, 0.3) is 0 Å². The molecule has 0 aromatic carbocycles. The zero-order valence-electron chi connectivity index (χ0n) is 15.4. The summed E-state index contributed by atoms with van der Waals surface area (Å²) in [5.74, 6) is 1.92. The molecular formula is C17H38O2Si. The molecule has 0 aliphatic heterocycles. The number of rotatable bonds is 10. The van der Waals surface area contributed by atoms with E-state index in [1.807, 2.05) is 0 Å².